The number of rotatable bonds is 5. The predicted octanol–water partition coefficient (Wildman–Crippen LogP) is 4.41. The molecule has 0 saturated heterocycles. The molecule has 0 aliphatic heterocycles. The van der Waals surface area contributed by atoms with Gasteiger partial charge in [-0.3, -0.25) is 9.59 Å². The van der Waals surface area contributed by atoms with E-state index in [0.29, 0.717) is 21.3 Å². The molecule has 0 aliphatic carbocycles. The summed E-state index contributed by atoms with van der Waals surface area (Å²) in [6, 6.07) is 12.6. The van der Waals surface area contributed by atoms with Gasteiger partial charge in [-0.15, -0.1) is 0 Å². The van der Waals surface area contributed by atoms with Crippen LogP contribution < -0.4 is 5.32 Å². The lowest BCUT2D eigenvalue weighted by molar-refractivity contribution is -0.129. The van der Waals surface area contributed by atoms with Crippen molar-refractivity contribution in [3.05, 3.63) is 69.7 Å². The van der Waals surface area contributed by atoms with Gasteiger partial charge in [-0.25, -0.2) is 0 Å². The van der Waals surface area contributed by atoms with Gasteiger partial charge in [0.05, 0.1) is 16.6 Å². The molecule has 0 bridgehead atoms. The molecule has 0 saturated carbocycles. The first-order valence-corrected chi connectivity index (χ1v) is 8.36. The van der Waals surface area contributed by atoms with Crippen LogP contribution >= 0.6 is 23.2 Å². The standard InChI is InChI=1S/C19H18Cl2N2O2/c1-13-6-9-15(10-7-13)22-17(24)12-23(2)18(25)11-8-14-4-3-5-16(20)19(14)21/h3-11H,12H2,1-2H3,(H,22,24)/b11-8+. The van der Waals surface area contributed by atoms with E-state index in [4.69, 9.17) is 23.2 Å². The normalized spacial score (nSPS) is 10.7. The van der Waals surface area contributed by atoms with E-state index in [1.54, 1.807) is 31.3 Å². The molecule has 0 heterocycles. The van der Waals surface area contributed by atoms with E-state index in [1.165, 1.54) is 11.0 Å². The molecule has 2 rings (SSSR count). The van der Waals surface area contributed by atoms with Crippen molar-refractivity contribution in [1.82, 2.24) is 4.90 Å². The van der Waals surface area contributed by atoms with Gasteiger partial charge < -0.3 is 10.2 Å². The van der Waals surface area contributed by atoms with Gasteiger partial charge in [-0.05, 0) is 36.8 Å². The number of hydrogen-bond acceptors (Lipinski definition) is 2. The minimum atomic E-state index is -0.310. The Morgan fingerprint density at radius 1 is 1.12 bits per heavy atom. The Kier molecular flexibility index (Phi) is 6.62. The fourth-order valence-corrected chi connectivity index (χ4v) is 2.44. The van der Waals surface area contributed by atoms with Crippen LogP contribution in [0.15, 0.2) is 48.5 Å². The van der Waals surface area contributed by atoms with E-state index in [-0.39, 0.29) is 18.4 Å². The summed E-state index contributed by atoms with van der Waals surface area (Å²) in [4.78, 5) is 25.5. The molecule has 1 N–H and O–H groups in total. The average Bonchev–Trinajstić information content (AvgIpc) is 2.58. The van der Waals surface area contributed by atoms with Crippen molar-refractivity contribution in [2.75, 3.05) is 18.9 Å². The molecule has 2 aromatic rings. The molecule has 0 spiro atoms. The van der Waals surface area contributed by atoms with Gasteiger partial charge in [0, 0.05) is 18.8 Å². The Hall–Kier alpha value is -2.30. The molecule has 6 heteroatoms. The molecule has 0 aromatic heterocycles. The number of hydrogen-bond donors (Lipinski definition) is 1. The van der Waals surface area contributed by atoms with Crippen LogP contribution in [0.1, 0.15) is 11.1 Å². The highest BCUT2D eigenvalue weighted by Gasteiger charge is 2.11. The van der Waals surface area contributed by atoms with E-state index in [2.05, 4.69) is 5.32 Å². The summed E-state index contributed by atoms with van der Waals surface area (Å²) in [7, 11) is 1.56. The maximum absolute atomic E-state index is 12.1. The van der Waals surface area contributed by atoms with E-state index in [1.807, 2.05) is 31.2 Å². The summed E-state index contributed by atoms with van der Waals surface area (Å²) in [6.45, 7) is 1.91. The van der Waals surface area contributed by atoms with Gasteiger partial charge >= 0.3 is 0 Å². The fourth-order valence-electron chi connectivity index (χ4n) is 2.07. The van der Waals surface area contributed by atoms with Gasteiger partial charge in [0.25, 0.3) is 0 Å². The van der Waals surface area contributed by atoms with Crippen molar-refractivity contribution < 1.29 is 9.59 Å². The van der Waals surface area contributed by atoms with Crippen LogP contribution in [0.4, 0.5) is 5.69 Å². The monoisotopic (exact) mass is 376 g/mol. The first-order chi connectivity index (χ1) is 11.9. The van der Waals surface area contributed by atoms with Gasteiger partial charge in [0.15, 0.2) is 0 Å². The molecular formula is C19H18Cl2N2O2. The molecule has 0 aliphatic rings. The lowest BCUT2D eigenvalue weighted by Crippen LogP contribution is -2.33. The van der Waals surface area contributed by atoms with Gasteiger partial charge in [-0.1, -0.05) is 53.0 Å². The van der Waals surface area contributed by atoms with Crippen LogP contribution in [-0.4, -0.2) is 30.3 Å². The maximum atomic E-state index is 12.1. The Morgan fingerprint density at radius 3 is 2.48 bits per heavy atom. The molecule has 4 nitrogen and oxygen atoms in total. The van der Waals surface area contributed by atoms with E-state index in [0.717, 1.165) is 5.56 Å². The van der Waals surface area contributed by atoms with Crippen LogP contribution in [-0.2, 0) is 9.59 Å². The van der Waals surface area contributed by atoms with Crippen molar-refractivity contribution in [2.24, 2.45) is 0 Å². The van der Waals surface area contributed by atoms with Crippen molar-refractivity contribution in [3.63, 3.8) is 0 Å². The summed E-state index contributed by atoms with van der Waals surface area (Å²) in [5.41, 5.74) is 2.44. The third-order valence-electron chi connectivity index (χ3n) is 3.48. The number of likely N-dealkylation sites (N-methyl/N-ethyl adjacent to an activating group) is 1. The molecule has 0 atom stereocenters. The summed E-state index contributed by atoms with van der Waals surface area (Å²) in [5.74, 6) is -0.580. The number of benzene rings is 2. The Bertz CT molecular complexity index is 802. The van der Waals surface area contributed by atoms with Crippen LogP contribution in [0.2, 0.25) is 10.0 Å². The first-order valence-electron chi connectivity index (χ1n) is 7.60. The maximum Gasteiger partial charge on any atom is 0.246 e. The Labute approximate surface area is 157 Å². The zero-order valence-corrected chi connectivity index (χ0v) is 15.4. The topological polar surface area (TPSA) is 49.4 Å². The molecule has 130 valence electrons. The first kappa shape index (κ1) is 19.0. The third-order valence-corrected chi connectivity index (χ3v) is 4.31. The quantitative estimate of drug-likeness (QED) is 0.785. The van der Waals surface area contributed by atoms with Crippen molar-refractivity contribution in [2.45, 2.75) is 6.92 Å². The molecule has 0 fully saturated rings. The van der Waals surface area contributed by atoms with Crippen molar-refractivity contribution >= 4 is 46.8 Å². The second kappa shape index (κ2) is 8.70. The molecule has 25 heavy (non-hydrogen) atoms. The van der Waals surface area contributed by atoms with Crippen LogP contribution in [0, 0.1) is 6.92 Å². The lowest BCUT2D eigenvalue weighted by Gasteiger charge is -2.15. The fraction of sp³-hybridized carbons (Fsp3) is 0.158. The highest BCUT2D eigenvalue weighted by Crippen LogP contribution is 2.26. The van der Waals surface area contributed by atoms with Crippen LogP contribution in [0.3, 0.4) is 0 Å². The number of nitrogens with zero attached hydrogens (tertiary/aromatic N) is 1. The summed E-state index contributed by atoms with van der Waals surface area (Å²) in [6.07, 6.45) is 2.93. The highest BCUT2D eigenvalue weighted by atomic mass is 35.5. The number of carbonyl (C=O) groups excluding carboxylic acids is 2. The van der Waals surface area contributed by atoms with E-state index < -0.39 is 0 Å². The minimum Gasteiger partial charge on any atom is -0.333 e. The van der Waals surface area contributed by atoms with E-state index >= 15 is 0 Å². The molecular weight excluding hydrogens is 359 g/mol. The molecule has 2 amide bonds. The van der Waals surface area contributed by atoms with E-state index in [9.17, 15) is 9.59 Å². The van der Waals surface area contributed by atoms with Crippen LogP contribution in [0.25, 0.3) is 6.08 Å². The number of anilines is 1. The highest BCUT2D eigenvalue weighted by molar-refractivity contribution is 6.42. The van der Waals surface area contributed by atoms with Crippen molar-refractivity contribution in [3.8, 4) is 0 Å². The van der Waals surface area contributed by atoms with Gasteiger partial charge in [-0.2, -0.15) is 0 Å². The lowest BCUT2D eigenvalue weighted by atomic mass is 10.2. The molecule has 2 aromatic carbocycles. The summed E-state index contributed by atoms with van der Waals surface area (Å²) >= 11 is 12.0. The summed E-state index contributed by atoms with van der Waals surface area (Å²) in [5, 5.41) is 3.55. The average molecular weight is 377 g/mol. The predicted molar refractivity (Wildman–Crippen MR) is 103 cm³/mol. The van der Waals surface area contributed by atoms with Crippen LogP contribution in [0.5, 0.6) is 0 Å². The number of aryl methyl sites for hydroxylation is 1. The Balaban J connectivity index is 1.93. The largest absolute Gasteiger partial charge is 0.333 e. The smallest absolute Gasteiger partial charge is 0.246 e. The SMILES string of the molecule is Cc1ccc(NC(=O)CN(C)C(=O)/C=C/c2cccc(Cl)c2Cl)cc1. The van der Waals surface area contributed by atoms with Gasteiger partial charge in [0.1, 0.15) is 0 Å². The minimum absolute atomic E-state index is 0.0552. The zero-order valence-electron chi connectivity index (χ0n) is 13.9. The summed E-state index contributed by atoms with van der Waals surface area (Å²) < 4.78 is 0. The van der Waals surface area contributed by atoms with Crippen molar-refractivity contribution in [1.29, 1.82) is 0 Å². The third kappa shape index (κ3) is 5.62. The molecule has 0 radical (unpaired) electrons. The number of carbonyl (C=O) groups is 2. The second-order valence-electron chi connectivity index (χ2n) is 5.58. The number of halogens is 2. The molecule has 0 unspecified atom stereocenters. The zero-order chi connectivity index (χ0) is 18.4. The number of amides is 2. The number of nitrogens with one attached hydrogen (secondary N) is 1. The Morgan fingerprint density at radius 2 is 1.80 bits per heavy atom. The van der Waals surface area contributed by atoms with Gasteiger partial charge in [0.2, 0.25) is 11.8 Å². The second-order valence-corrected chi connectivity index (χ2v) is 6.37.